The SMILES string of the molecule is CC(=O)NC(C)c1nc2ccccc2n1CC(=O)N(C)Cc1ccccc1. The van der Waals surface area contributed by atoms with Crippen molar-refractivity contribution in [2.75, 3.05) is 7.05 Å². The number of hydrogen-bond acceptors (Lipinski definition) is 3. The first-order valence-electron chi connectivity index (χ1n) is 8.96. The normalized spacial score (nSPS) is 12.0. The van der Waals surface area contributed by atoms with E-state index in [1.54, 1.807) is 11.9 Å². The van der Waals surface area contributed by atoms with E-state index in [0.717, 1.165) is 16.6 Å². The topological polar surface area (TPSA) is 67.2 Å². The lowest BCUT2D eigenvalue weighted by atomic mass is 10.2. The number of para-hydroxylation sites is 2. The van der Waals surface area contributed by atoms with Gasteiger partial charge < -0.3 is 14.8 Å². The standard InChI is InChI=1S/C21H24N4O2/c1-15(22-16(2)26)21-23-18-11-7-8-12-19(18)25(21)14-20(27)24(3)13-17-9-5-4-6-10-17/h4-12,15H,13-14H2,1-3H3,(H,22,26). The maximum atomic E-state index is 12.8. The van der Waals surface area contributed by atoms with Gasteiger partial charge in [0.25, 0.3) is 0 Å². The van der Waals surface area contributed by atoms with Gasteiger partial charge in [-0.1, -0.05) is 42.5 Å². The first kappa shape index (κ1) is 18.6. The first-order valence-corrected chi connectivity index (χ1v) is 8.96. The smallest absolute Gasteiger partial charge is 0.242 e. The highest BCUT2D eigenvalue weighted by Gasteiger charge is 2.20. The molecule has 6 nitrogen and oxygen atoms in total. The summed E-state index contributed by atoms with van der Waals surface area (Å²) in [5.74, 6) is 0.528. The summed E-state index contributed by atoms with van der Waals surface area (Å²) in [5, 5.41) is 2.86. The molecule has 3 rings (SSSR count). The molecule has 0 saturated heterocycles. The third kappa shape index (κ3) is 4.34. The predicted octanol–water partition coefficient (Wildman–Crippen LogP) is 2.89. The van der Waals surface area contributed by atoms with Crippen LogP contribution in [0.4, 0.5) is 0 Å². The Bertz CT molecular complexity index is 949. The molecule has 1 N–H and O–H groups in total. The number of aromatic nitrogens is 2. The molecule has 140 valence electrons. The van der Waals surface area contributed by atoms with Crippen LogP contribution in [0.15, 0.2) is 54.6 Å². The summed E-state index contributed by atoms with van der Waals surface area (Å²) < 4.78 is 1.89. The maximum Gasteiger partial charge on any atom is 0.242 e. The molecule has 2 amide bonds. The second kappa shape index (κ2) is 8.03. The highest BCUT2D eigenvalue weighted by molar-refractivity contribution is 5.81. The minimum absolute atomic E-state index is 0.0155. The number of hydrogen-bond donors (Lipinski definition) is 1. The van der Waals surface area contributed by atoms with E-state index < -0.39 is 0 Å². The fourth-order valence-corrected chi connectivity index (χ4v) is 3.16. The number of carbonyl (C=O) groups excluding carboxylic acids is 2. The van der Waals surface area contributed by atoms with Gasteiger partial charge in [-0.25, -0.2) is 4.98 Å². The van der Waals surface area contributed by atoms with Crippen LogP contribution >= 0.6 is 0 Å². The zero-order valence-electron chi connectivity index (χ0n) is 15.8. The molecule has 3 aromatic rings. The third-order valence-electron chi connectivity index (χ3n) is 4.47. The van der Waals surface area contributed by atoms with Crippen LogP contribution in [0.2, 0.25) is 0 Å². The summed E-state index contributed by atoms with van der Waals surface area (Å²) in [6, 6.07) is 17.3. The lowest BCUT2D eigenvalue weighted by molar-refractivity contribution is -0.131. The van der Waals surface area contributed by atoms with E-state index in [9.17, 15) is 9.59 Å². The zero-order chi connectivity index (χ0) is 19.4. The average molecular weight is 364 g/mol. The minimum Gasteiger partial charge on any atom is -0.347 e. The Labute approximate surface area is 158 Å². The summed E-state index contributed by atoms with van der Waals surface area (Å²) in [5.41, 5.74) is 2.77. The molecule has 0 radical (unpaired) electrons. The van der Waals surface area contributed by atoms with Gasteiger partial charge in [0.2, 0.25) is 11.8 Å². The number of rotatable bonds is 6. The van der Waals surface area contributed by atoms with Crippen molar-refractivity contribution in [2.24, 2.45) is 0 Å². The second-order valence-electron chi connectivity index (χ2n) is 6.70. The van der Waals surface area contributed by atoms with Crippen molar-refractivity contribution in [3.05, 3.63) is 66.0 Å². The molecule has 0 spiro atoms. The Morgan fingerprint density at radius 3 is 2.48 bits per heavy atom. The molecule has 6 heteroatoms. The fourth-order valence-electron chi connectivity index (χ4n) is 3.16. The average Bonchev–Trinajstić information content (AvgIpc) is 3.01. The molecule has 2 aromatic carbocycles. The summed E-state index contributed by atoms with van der Waals surface area (Å²) in [7, 11) is 1.80. The van der Waals surface area contributed by atoms with Crippen LogP contribution in [0.5, 0.6) is 0 Å². The van der Waals surface area contributed by atoms with Gasteiger partial charge in [0.15, 0.2) is 0 Å². The number of fused-ring (bicyclic) bond motifs is 1. The Balaban J connectivity index is 1.86. The van der Waals surface area contributed by atoms with Crippen LogP contribution in [0, 0.1) is 0 Å². The number of benzene rings is 2. The molecular weight excluding hydrogens is 340 g/mol. The van der Waals surface area contributed by atoms with Gasteiger partial charge in [0.05, 0.1) is 17.1 Å². The summed E-state index contributed by atoms with van der Waals surface area (Å²) in [6.45, 7) is 4.06. The molecular formula is C21H24N4O2. The van der Waals surface area contributed by atoms with Gasteiger partial charge >= 0.3 is 0 Å². The van der Waals surface area contributed by atoms with Gasteiger partial charge in [-0.2, -0.15) is 0 Å². The Kier molecular flexibility index (Phi) is 5.54. The van der Waals surface area contributed by atoms with Crippen LogP contribution in [-0.4, -0.2) is 33.3 Å². The molecule has 1 aromatic heterocycles. The summed E-state index contributed by atoms with van der Waals surface area (Å²) in [4.78, 5) is 30.7. The number of nitrogens with zero attached hydrogens (tertiary/aromatic N) is 3. The quantitative estimate of drug-likeness (QED) is 0.731. The maximum absolute atomic E-state index is 12.8. The zero-order valence-corrected chi connectivity index (χ0v) is 15.8. The predicted molar refractivity (Wildman–Crippen MR) is 105 cm³/mol. The van der Waals surface area contributed by atoms with Gasteiger partial charge in [-0.3, -0.25) is 9.59 Å². The number of imidazole rings is 1. The largest absolute Gasteiger partial charge is 0.347 e. The highest BCUT2D eigenvalue weighted by Crippen LogP contribution is 2.21. The molecule has 27 heavy (non-hydrogen) atoms. The van der Waals surface area contributed by atoms with Crippen molar-refractivity contribution in [2.45, 2.75) is 33.0 Å². The van der Waals surface area contributed by atoms with Gasteiger partial charge in [0, 0.05) is 20.5 Å². The first-order chi connectivity index (χ1) is 13.0. The molecule has 1 unspecified atom stereocenters. The second-order valence-corrected chi connectivity index (χ2v) is 6.70. The number of likely N-dealkylation sites (N-methyl/N-ethyl adjacent to an activating group) is 1. The van der Waals surface area contributed by atoms with Crippen LogP contribution in [-0.2, 0) is 22.7 Å². The van der Waals surface area contributed by atoms with Crippen LogP contribution in [0.1, 0.15) is 31.3 Å². The lowest BCUT2D eigenvalue weighted by Gasteiger charge is -2.20. The van der Waals surface area contributed by atoms with Gasteiger partial charge in [-0.15, -0.1) is 0 Å². The summed E-state index contributed by atoms with van der Waals surface area (Å²) >= 11 is 0. The Morgan fingerprint density at radius 1 is 1.11 bits per heavy atom. The van der Waals surface area contributed by atoms with E-state index in [1.807, 2.05) is 66.1 Å². The lowest BCUT2D eigenvalue weighted by Crippen LogP contribution is -2.32. The Hall–Kier alpha value is -3.15. The van der Waals surface area contributed by atoms with Gasteiger partial charge in [-0.05, 0) is 24.6 Å². The van der Waals surface area contributed by atoms with Crippen molar-refractivity contribution < 1.29 is 9.59 Å². The number of amides is 2. The summed E-state index contributed by atoms with van der Waals surface area (Å²) in [6.07, 6.45) is 0. The molecule has 0 fully saturated rings. The molecule has 0 aliphatic rings. The molecule has 0 aliphatic carbocycles. The van der Waals surface area contributed by atoms with Crippen molar-refractivity contribution in [1.29, 1.82) is 0 Å². The van der Waals surface area contributed by atoms with E-state index >= 15 is 0 Å². The monoisotopic (exact) mass is 364 g/mol. The molecule has 0 aliphatic heterocycles. The van der Waals surface area contributed by atoms with E-state index in [0.29, 0.717) is 12.4 Å². The molecule has 1 atom stereocenters. The van der Waals surface area contributed by atoms with E-state index in [1.165, 1.54) is 6.92 Å². The van der Waals surface area contributed by atoms with E-state index in [-0.39, 0.29) is 24.4 Å². The van der Waals surface area contributed by atoms with Crippen molar-refractivity contribution >= 4 is 22.8 Å². The van der Waals surface area contributed by atoms with Crippen molar-refractivity contribution in [1.82, 2.24) is 19.8 Å². The molecule has 0 saturated carbocycles. The Morgan fingerprint density at radius 2 is 1.78 bits per heavy atom. The fraction of sp³-hybridized carbons (Fsp3) is 0.286. The van der Waals surface area contributed by atoms with E-state index in [4.69, 9.17) is 0 Å². The van der Waals surface area contributed by atoms with Crippen LogP contribution in [0.25, 0.3) is 11.0 Å². The minimum atomic E-state index is -0.290. The number of nitrogens with one attached hydrogen (secondary N) is 1. The van der Waals surface area contributed by atoms with Crippen molar-refractivity contribution in [3.63, 3.8) is 0 Å². The van der Waals surface area contributed by atoms with Crippen LogP contribution in [0.3, 0.4) is 0 Å². The number of carbonyl (C=O) groups is 2. The van der Waals surface area contributed by atoms with Gasteiger partial charge in [0.1, 0.15) is 12.4 Å². The molecule has 0 bridgehead atoms. The third-order valence-corrected chi connectivity index (χ3v) is 4.47. The van der Waals surface area contributed by atoms with Crippen molar-refractivity contribution in [3.8, 4) is 0 Å². The highest BCUT2D eigenvalue weighted by atomic mass is 16.2. The molecule has 1 heterocycles. The van der Waals surface area contributed by atoms with E-state index in [2.05, 4.69) is 10.3 Å². The van der Waals surface area contributed by atoms with Crippen LogP contribution < -0.4 is 5.32 Å².